The smallest absolute Gasteiger partial charge is 0.242 e. The summed E-state index contributed by atoms with van der Waals surface area (Å²) in [5.74, 6) is 1.55. The quantitative estimate of drug-likeness (QED) is 0.748. The standard InChI is InChI=1S/C12H22N2O/c1-9(2)10-4-3-7-14(8-10)11(15)12(13)5-6-12/h9-10H,3-8,13H2,1-2H3/t10-/m1/s1. The molecule has 2 rings (SSSR count). The number of likely N-dealkylation sites (tertiary alicyclic amines) is 1. The fourth-order valence-electron chi connectivity index (χ4n) is 2.40. The number of hydrogen-bond acceptors (Lipinski definition) is 2. The third kappa shape index (κ3) is 2.17. The zero-order valence-electron chi connectivity index (χ0n) is 9.83. The van der Waals surface area contributed by atoms with E-state index in [0.717, 1.165) is 32.4 Å². The Kier molecular flexibility index (Phi) is 2.75. The summed E-state index contributed by atoms with van der Waals surface area (Å²) in [5, 5.41) is 0. The normalized spacial score (nSPS) is 29.3. The Morgan fingerprint density at radius 3 is 2.67 bits per heavy atom. The van der Waals surface area contributed by atoms with E-state index in [-0.39, 0.29) is 5.91 Å². The highest BCUT2D eigenvalue weighted by Gasteiger charge is 2.48. The van der Waals surface area contributed by atoms with Gasteiger partial charge in [-0.3, -0.25) is 4.79 Å². The molecular weight excluding hydrogens is 188 g/mol. The Morgan fingerprint density at radius 1 is 1.47 bits per heavy atom. The van der Waals surface area contributed by atoms with Crippen molar-refractivity contribution in [3.63, 3.8) is 0 Å². The fraction of sp³-hybridized carbons (Fsp3) is 0.917. The molecule has 2 N–H and O–H groups in total. The first-order valence-electron chi connectivity index (χ1n) is 6.11. The zero-order valence-corrected chi connectivity index (χ0v) is 9.83. The van der Waals surface area contributed by atoms with Crippen LogP contribution in [0.15, 0.2) is 0 Å². The van der Waals surface area contributed by atoms with Gasteiger partial charge in [0.1, 0.15) is 0 Å². The molecule has 1 amide bonds. The van der Waals surface area contributed by atoms with Gasteiger partial charge in [0.25, 0.3) is 0 Å². The third-order valence-electron chi connectivity index (χ3n) is 3.90. The van der Waals surface area contributed by atoms with Crippen molar-refractivity contribution in [1.82, 2.24) is 4.90 Å². The minimum absolute atomic E-state index is 0.202. The van der Waals surface area contributed by atoms with Crippen molar-refractivity contribution in [3.8, 4) is 0 Å². The number of rotatable bonds is 2. The maximum absolute atomic E-state index is 12.1. The second-order valence-corrected chi connectivity index (χ2v) is 5.55. The molecule has 0 aromatic carbocycles. The summed E-state index contributed by atoms with van der Waals surface area (Å²) in [5.41, 5.74) is 5.48. The molecular formula is C12H22N2O. The van der Waals surface area contributed by atoms with Gasteiger partial charge < -0.3 is 10.6 Å². The van der Waals surface area contributed by atoms with Crippen LogP contribution in [0.2, 0.25) is 0 Å². The Bertz CT molecular complexity index is 258. The number of hydrogen-bond donors (Lipinski definition) is 1. The maximum atomic E-state index is 12.1. The number of carbonyl (C=O) groups is 1. The summed E-state index contributed by atoms with van der Waals surface area (Å²) >= 11 is 0. The number of carbonyl (C=O) groups excluding carboxylic acids is 1. The van der Waals surface area contributed by atoms with Crippen LogP contribution in [0.25, 0.3) is 0 Å². The number of piperidine rings is 1. The molecule has 0 aromatic rings. The van der Waals surface area contributed by atoms with E-state index in [4.69, 9.17) is 5.73 Å². The van der Waals surface area contributed by atoms with Crippen molar-refractivity contribution in [2.75, 3.05) is 13.1 Å². The van der Waals surface area contributed by atoms with Gasteiger partial charge in [0.2, 0.25) is 5.91 Å². The minimum atomic E-state index is -0.473. The van der Waals surface area contributed by atoms with Gasteiger partial charge in [-0.05, 0) is 37.5 Å². The minimum Gasteiger partial charge on any atom is -0.341 e. The predicted octanol–water partition coefficient (Wildman–Crippen LogP) is 1.37. The van der Waals surface area contributed by atoms with E-state index in [0.29, 0.717) is 11.8 Å². The molecule has 1 saturated carbocycles. The van der Waals surface area contributed by atoms with Crippen LogP contribution in [0, 0.1) is 11.8 Å². The van der Waals surface area contributed by atoms with Gasteiger partial charge in [-0.25, -0.2) is 0 Å². The largest absolute Gasteiger partial charge is 0.341 e. The van der Waals surface area contributed by atoms with Gasteiger partial charge in [-0.2, -0.15) is 0 Å². The lowest BCUT2D eigenvalue weighted by Crippen LogP contribution is -2.50. The lowest BCUT2D eigenvalue weighted by molar-refractivity contribution is -0.135. The van der Waals surface area contributed by atoms with Crippen molar-refractivity contribution >= 4 is 5.91 Å². The molecule has 3 nitrogen and oxygen atoms in total. The monoisotopic (exact) mass is 210 g/mol. The van der Waals surface area contributed by atoms with Crippen LogP contribution in [-0.4, -0.2) is 29.4 Å². The molecule has 2 fully saturated rings. The van der Waals surface area contributed by atoms with Crippen molar-refractivity contribution in [1.29, 1.82) is 0 Å². The molecule has 86 valence electrons. The first-order chi connectivity index (χ1) is 7.03. The third-order valence-corrected chi connectivity index (χ3v) is 3.90. The summed E-state index contributed by atoms with van der Waals surface area (Å²) in [4.78, 5) is 14.1. The summed E-state index contributed by atoms with van der Waals surface area (Å²) in [6.07, 6.45) is 4.17. The topological polar surface area (TPSA) is 46.3 Å². The van der Waals surface area contributed by atoms with Crippen LogP contribution in [0.1, 0.15) is 39.5 Å². The second-order valence-electron chi connectivity index (χ2n) is 5.55. The molecule has 0 radical (unpaired) electrons. The first kappa shape index (κ1) is 10.9. The molecule has 1 heterocycles. The van der Waals surface area contributed by atoms with Gasteiger partial charge >= 0.3 is 0 Å². The van der Waals surface area contributed by atoms with E-state index in [1.807, 2.05) is 4.90 Å². The molecule has 0 bridgehead atoms. The maximum Gasteiger partial charge on any atom is 0.242 e. The molecule has 1 saturated heterocycles. The van der Waals surface area contributed by atoms with Crippen LogP contribution < -0.4 is 5.73 Å². The Morgan fingerprint density at radius 2 is 2.13 bits per heavy atom. The predicted molar refractivity (Wildman–Crippen MR) is 60.3 cm³/mol. The Hall–Kier alpha value is -0.570. The van der Waals surface area contributed by atoms with Gasteiger partial charge in [0.15, 0.2) is 0 Å². The lowest BCUT2D eigenvalue weighted by Gasteiger charge is -2.36. The molecule has 0 unspecified atom stereocenters. The summed E-state index contributed by atoms with van der Waals surface area (Å²) in [7, 11) is 0. The summed E-state index contributed by atoms with van der Waals surface area (Å²) in [6, 6.07) is 0. The second kappa shape index (κ2) is 3.78. The Balaban J connectivity index is 1.95. The zero-order chi connectivity index (χ0) is 11.1. The van der Waals surface area contributed by atoms with E-state index in [1.165, 1.54) is 6.42 Å². The van der Waals surface area contributed by atoms with Crippen molar-refractivity contribution < 1.29 is 4.79 Å². The molecule has 1 atom stereocenters. The average molecular weight is 210 g/mol. The van der Waals surface area contributed by atoms with E-state index in [9.17, 15) is 4.79 Å². The Labute approximate surface area is 92.0 Å². The van der Waals surface area contributed by atoms with Crippen LogP contribution >= 0.6 is 0 Å². The van der Waals surface area contributed by atoms with E-state index in [1.54, 1.807) is 0 Å². The van der Waals surface area contributed by atoms with Crippen LogP contribution in [0.4, 0.5) is 0 Å². The molecule has 3 heteroatoms. The van der Waals surface area contributed by atoms with Gasteiger partial charge in [-0.15, -0.1) is 0 Å². The molecule has 0 aromatic heterocycles. The van der Waals surface area contributed by atoms with E-state index < -0.39 is 5.54 Å². The highest BCUT2D eigenvalue weighted by Crippen LogP contribution is 2.35. The number of nitrogens with two attached hydrogens (primary N) is 1. The molecule has 15 heavy (non-hydrogen) atoms. The van der Waals surface area contributed by atoms with Crippen LogP contribution in [-0.2, 0) is 4.79 Å². The summed E-state index contributed by atoms with van der Waals surface area (Å²) < 4.78 is 0. The van der Waals surface area contributed by atoms with Crippen molar-refractivity contribution in [2.45, 2.75) is 45.1 Å². The molecule has 1 aliphatic carbocycles. The molecule has 2 aliphatic rings. The van der Waals surface area contributed by atoms with Gasteiger partial charge in [0, 0.05) is 13.1 Å². The van der Waals surface area contributed by atoms with Crippen molar-refractivity contribution in [2.24, 2.45) is 17.6 Å². The van der Waals surface area contributed by atoms with Crippen LogP contribution in [0.5, 0.6) is 0 Å². The SMILES string of the molecule is CC(C)[C@@H]1CCCN(C(=O)C2(N)CC2)C1. The first-order valence-corrected chi connectivity index (χ1v) is 6.11. The molecule has 1 aliphatic heterocycles. The van der Waals surface area contributed by atoms with Crippen LogP contribution in [0.3, 0.4) is 0 Å². The lowest BCUT2D eigenvalue weighted by atomic mass is 9.87. The van der Waals surface area contributed by atoms with E-state index >= 15 is 0 Å². The number of amides is 1. The van der Waals surface area contributed by atoms with Crippen molar-refractivity contribution in [3.05, 3.63) is 0 Å². The number of nitrogens with zero attached hydrogens (tertiary/aromatic N) is 1. The molecule has 0 spiro atoms. The highest BCUT2D eigenvalue weighted by atomic mass is 16.2. The van der Waals surface area contributed by atoms with Gasteiger partial charge in [0.05, 0.1) is 5.54 Å². The van der Waals surface area contributed by atoms with Gasteiger partial charge in [-0.1, -0.05) is 13.8 Å². The van der Waals surface area contributed by atoms with E-state index in [2.05, 4.69) is 13.8 Å². The average Bonchev–Trinajstić information content (AvgIpc) is 2.97. The summed E-state index contributed by atoms with van der Waals surface area (Å²) in [6.45, 7) is 6.33. The highest BCUT2D eigenvalue weighted by molar-refractivity contribution is 5.89. The fourth-order valence-corrected chi connectivity index (χ4v) is 2.40.